The summed E-state index contributed by atoms with van der Waals surface area (Å²) in [6.45, 7) is 0. The van der Waals surface area contributed by atoms with E-state index >= 15 is 0 Å². The molecule has 1 aromatic heterocycles. The van der Waals surface area contributed by atoms with E-state index in [4.69, 9.17) is 5.73 Å². The van der Waals surface area contributed by atoms with Crippen LogP contribution in [0.5, 0.6) is 0 Å². The van der Waals surface area contributed by atoms with Crippen molar-refractivity contribution in [3.05, 3.63) is 54.1 Å². The van der Waals surface area contributed by atoms with E-state index in [1.54, 1.807) is 12.4 Å². The molecule has 1 aromatic carbocycles. The van der Waals surface area contributed by atoms with Gasteiger partial charge in [-0.2, -0.15) is 5.10 Å². The molecule has 3 N–H and O–H groups in total. The number of aromatic nitrogens is 2. The van der Waals surface area contributed by atoms with E-state index in [0.29, 0.717) is 11.7 Å². The first-order chi connectivity index (χ1) is 7.86. The van der Waals surface area contributed by atoms with E-state index in [2.05, 4.69) is 20.2 Å². The Balaban J connectivity index is 2.08. The molecule has 2 aromatic rings. The smallest absolute Gasteiger partial charge is 0.153 e. The largest absolute Gasteiger partial charge is 0.382 e. The highest BCUT2D eigenvalue weighted by atomic mass is 15.2. The first-order valence-corrected chi connectivity index (χ1v) is 4.77. The summed E-state index contributed by atoms with van der Waals surface area (Å²) in [5.74, 6) is 1.02. The van der Waals surface area contributed by atoms with Crippen molar-refractivity contribution in [2.75, 3.05) is 0 Å². The van der Waals surface area contributed by atoms with Gasteiger partial charge in [0.25, 0.3) is 0 Å². The quantitative estimate of drug-likeness (QED) is 0.455. The van der Waals surface area contributed by atoms with Gasteiger partial charge in [-0.05, 0) is 0 Å². The maximum Gasteiger partial charge on any atom is 0.153 e. The van der Waals surface area contributed by atoms with E-state index in [9.17, 15) is 0 Å². The molecule has 0 aliphatic carbocycles. The zero-order chi connectivity index (χ0) is 11.2. The molecule has 0 aliphatic rings. The molecule has 2 rings (SSSR count). The second-order valence-corrected chi connectivity index (χ2v) is 3.07. The summed E-state index contributed by atoms with van der Waals surface area (Å²) in [6, 6.07) is 9.47. The summed E-state index contributed by atoms with van der Waals surface area (Å²) in [4.78, 5) is 6.85. The molecule has 5 heteroatoms. The zero-order valence-electron chi connectivity index (χ0n) is 8.54. The highest BCUT2D eigenvalue weighted by Gasteiger charge is 1.94. The van der Waals surface area contributed by atoms with Crippen LogP contribution in [0.25, 0.3) is 0 Å². The minimum absolute atomic E-state index is 0.378. The summed E-state index contributed by atoms with van der Waals surface area (Å²) in [5, 5.41) is 7.71. The van der Waals surface area contributed by atoms with Crippen molar-refractivity contribution in [1.29, 1.82) is 0 Å². The number of amidine groups is 1. The molecule has 0 saturated heterocycles. The second-order valence-electron chi connectivity index (χ2n) is 3.07. The van der Waals surface area contributed by atoms with Gasteiger partial charge in [0.15, 0.2) is 5.84 Å². The maximum atomic E-state index is 5.74. The Morgan fingerprint density at radius 2 is 2.12 bits per heavy atom. The molecule has 0 atom stereocenters. The lowest BCUT2D eigenvalue weighted by Crippen LogP contribution is -2.12. The number of H-pyrrole nitrogens is 1. The van der Waals surface area contributed by atoms with Gasteiger partial charge in [0.05, 0.1) is 6.21 Å². The Morgan fingerprint density at radius 1 is 1.31 bits per heavy atom. The van der Waals surface area contributed by atoms with Gasteiger partial charge in [0.2, 0.25) is 0 Å². The third kappa shape index (κ3) is 2.54. The SMILES string of the molecule is N/C(=N\N=C\c1ncc[nH]1)c1ccccc1. The number of imidazole rings is 1. The van der Waals surface area contributed by atoms with Crippen LogP contribution in [0.1, 0.15) is 11.4 Å². The lowest BCUT2D eigenvalue weighted by atomic mass is 10.2. The fraction of sp³-hybridized carbons (Fsp3) is 0. The highest BCUT2D eigenvalue weighted by Crippen LogP contribution is 1.97. The first kappa shape index (κ1) is 10.1. The number of hydrogen-bond acceptors (Lipinski definition) is 3. The fourth-order valence-electron chi connectivity index (χ4n) is 1.16. The minimum atomic E-state index is 0.378. The van der Waals surface area contributed by atoms with E-state index in [1.165, 1.54) is 6.21 Å². The summed E-state index contributed by atoms with van der Waals surface area (Å²) in [5.41, 5.74) is 6.59. The molecule has 1 heterocycles. The predicted molar refractivity (Wildman–Crippen MR) is 63.3 cm³/mol. The molecule has 0 radical (unpaired) electrons. The Bertz CT molecular complexity index is 484. The van der Waals surface area contributed by atoms with Crippen LogP contribution in [-0.4, -0.2) is 22.0 Å². The van der Waals surface area contributed by atoms with Crippen molar-refractivity contribution in [1.82, 2.24) is 9.97 Å². The topological polar surface area (TPSA) is 79.4 Å². The summed E-state index contributed by atoms with van der Waals surface area (Å²) in [6.07, 6.45) is 4.87. The van der Waals surface area contributed by atoms with Crippen LogP contribution in [0, 0.1) is 0 Å². The number of benzene rings is 1. The summed E-state index contributed by atoms with van der Waals surface area (Å²) < 4.78 is 0. The van der Waals surface area contributed by atoms with Crippen LogP contribution in [0.2, 0.25) is 0 Å². The molecular weight excluding hydrogens is 202 g/mol. The van der Waals surface area contributed by atoms with Gasteiger partial charge < -0.3 is 10.7 Å². The van der Waals surface area contributed by atoms with Crippen LogP contribution in [-0.2, 0) is 0 Å². The molecule has 0 amide bonds. The lowest BCUT2D eigenvalue weighted by molar-refractivity contribution is 1.20. The van der Waals surface area contributed by atoms with Crippen LogP contribution in [0.15, 0.2) is 52.9 Å². The molecule has 0 aliphatic heterocycles. The lowest BCUT2D eigenvalue weighted by Gasteiger charge is -1.95. The third-order valence-corrected chi connectivity index (χ3v) is 1.93. The molecule has 80 valence electrons. The number of nitrogens with one attached hydrogen (secondary N) is 1. The van der Waals surface area contributed by atoms with Crippen LogP contribution in [0.3, 0.4) is 0 Å². The first-order valence-electron chi connectivity index (χ1n) is 4.77. The van der Waals surface area contributed by atoms with Gasteiger partial charge in [-0.25, -0.2) is 4.98 Å². The van der Waals surface area contributed by atoms with E-state index in [-0.39, 0.29) is 0 Å². The average molecular weight is 213 g/mol. The molecule has 0 spiro atoms. The number of rotatable bonds is 3. The minimum Gasteiger partial charge on any atom is -0.382 e. The molecule has 0 unspecified atom stereocenters. The molecule has 0 fully saturated rings. The standard InChI is InChI=1S/C11H11N5/c12-11(9-4-2-1-3-5-9)16-15-8-10-13-6-7-14-10/h1-8H,(H2,12,16)(H,13,14)/b15-8+. The van der Waals surface area contributed by atoms with Crippen molar-refractivity contribution in [3.63, 3.8) is 0 Å². The molecular formula is C11H11N5. The van der Waals surface area contributed by atoms with Crippen molar-refractivity contribution in [2.24, 2.45) is 15.9 Å². The van der Waals surface area contributed by atoms with Gasteiger partial charge in [-0.15, -0.1) is 5.10 Å². The molecule has 16 heavy (non-hydrogen) atoms. The Hall–Kier alpha value is -2.43. The van der Waals surface area contributed by atoms with E-state index in [0.717, 1.165) is 5.56 Å². The van der Waals surface area contributed by atoms with Gasteiger partial charge in [0.1, 0.15) is 5.82 Å². The number of aromatic amines is 1. The van der Waals surface area contributed by atoms with Crippen LogP contribution in [0.4, 0.5) is 0 Å². The van der Waals surface area contributed by atoms with Crippen molar-refractivity contribution < 1.29 is 0 Å². The van der Waals surface area contributed by atoms with Crippen LogP contribution < -0.4 is 5.73 Å². The van der Waals surface area contributed by atoms with Gasteiger partial charge in [-0.3, -0.25) is 0 Å². The summed E-state index contributed by atoms with van der Waals surface area (Å²) >= 11 is 0. The predicted octanol–water partition coefficient (Wildman–Crippen LogP) is 1.15. The van der Waals surface area contributed by atoms with E-state index < -0.39 is 0 Å². The Morgan fingerprint density at radius 3 is 2.81 bits per heavy atom. The number of nitrogens with zero attached hydrogens (tertiary/aromatic N) is 3. The van der Waals surface area contributed by atoms with E-state index in [1.807, 2.05) is 30.3 Å². The molecule has 0 bridgehead atoms. The average Bonchev–Trinajstić information content (AvgIpc) is 2.83. The highest BCUT2D eigenvalue weighted by molar-refractivity contribution is 5.97. The molecule has 0 saturated carbocycles. The van der Waals surface area contributed by atoms with Crippen LogP contribution >= 0.6 is 0 Å². The summed E-state index contributed by atoms with van der Waals surface area (Å²) in [7, 11) is 0. The number of nitrogens with two attached hydrogens (primary N) is 1. The van der Waals surface area contributed by atoms with Gasteiger partial charge >= 0.3 is 0 Å². The van der Waals surface area contributed by atoms with Crippen molar-refractivity contribution in [2.45, 2.75) is 0 Å². The normalized spacial score (nSPS) is 12.1. The second kappa shape index (κ2) is 4.88. The third-order valence-electron chi connectivity index (χ3n) is 1.93. The zero-order valence-corrected chi connectivity index (χ0v) is 8.54. The van der Waals surface area contributed by atoms with Gasteiger partial charge in [-0.1, -0.05) is 30.3 Å². The Kier molecular flexibility index (Phi) is 3.08. The van der Waals surface area contributed by atoms with Crippen molar-refractivity contribution in [3.8, 4) is 0 Å². The molecule has 5 nitrogen and oxygen atoms in total. The fourth-order valence-corrected chi connectivity index (χ4v) is 1.16. The van der Waals surface area contributed by atoms with Crippen molar-refractivity contribution >= 4 is 12.1 Å². The maximum absolute atomic E-state index is 5.74. The van der Waals surface area contributed by atoms with Gasteiger partial charge in [0, 0.05) is 18.0 Å². The monoisotopic (exact) mass is 213 g/mol. The number of hydrogen-bond donors (Lipinski definition) is 2. The Labute approximate surface area is 92.7 Å².